The van der Waals surface area contributed by atoms with E-state index in [1.54, 1.807) is 6.92 Å². The lowest BCUT2D eigenvalue weighted by molar-refractivity contribution is -0.384. The van der Waals surface area contributed by atoms with Crippen LogP contribution >= 0.6 is 0 Å². The highest BCUT2D eigenvalue weighted by Gasteiger charge is 2.33. The van der Waals surface area contributed by atoms with E-state index in [0.29, 0.717) is 23.6 Å². The average Bonchev–Trinajstić information content (AvgIpc) is 2.87. The van der Waals surface area contributed by atoms with E-state index in [9.17, 15) is 23.3 Å². The van der Waals surface area contributed by atoms with E-state index in [2.05, 4.69) is 20.4 Å². The highest BCUT2D eigenvalue weighted by molar-refractivity contribution is 5.63. The van der Waals surface area contributed by atoms with Gasteiger partial charge in [-0.3, -0.25) is 10.1 Å². The van der Waals surface area contributed by atoms with Crippen LogP contribution in [0.2, 0.25) is 0 Å². The molecule has 2 heterocycles. The first kappa shape index (κ1) is 14.7. The molecule has 2 aromatic rings. The Kier molecular flexibility index (Phi) is 3.74. The van der Waals surface area contributed by atoms with Crippen molar-refractivity contribution in [2.75, 3.05) is 11.9 Å². The highest BCUT2D eigenvalue weighted by Crippen LogP contribution is 2.31. The smallest absolute Gasteiger partial charge is 0.364 e. The summed E-state index contributed by atoms with van der Waals surface area (Å²) in [5, 5.41) is 17.2. The standard InChI is InChI=1S/C10H9F3N6O2/c1-2-14-8-7(19(20)21)9(16-5-15-8)18-4-6(3-17-18)10(11,12)13/h3-5H,2H2,1H3,(H,14,15,16). The second-order valence-corrected chi connectivity index (χ2v) is 3.85. The summed E-state index contributed by atoms with van der Waals surface area (Å²) >= 11 is 0. The lowest BCUT2D eigenvalue weighted by Gasteiger charge is -2.06. The van der Waals surface area contributed by atoms with Crippen molar-refractivity contribution >= 4 is 11.5 Å². The molecule has 21 heavy (non-hydrogen) atoms. The molecule has 0 aliphatic carbocycles. The molecule has 0 saturated heterocycles. The maximum absolute atomic E-state index is 12.5. The second kappa shape index (κ2) is 5.34. The number of halogens is 3. The summed E-state index contributed by atoms with van der Waals surface area (Å²) in [6.45, 7) is 2.05. The number of nitrogens with zero attached hydrogens (tertiary/aromatic N) is 5. The quantitative estimate of drug-likeness (QED) is 0.685. The SMILES string of the molecule is CCNc1ncnc(-n2cc(C(F)(F)F)cn2)c1[N+](=O)[O-]. The summed E-state index contributed by atoms with van der Waals surface area (Å²) in [6.07, 6.45) is -2.39. The summed E-state index contributed by atoms with van der Waals surface area (Å²) in [5.74, 6) is -0.432. The van der Waals surface area contributed by atoms with Gasteiger partial charge in [0.25, 0.3) is 0 Å². The molecule has 0 amide bonds. The van der Waals surface area contributed by atoms with Gasteiger partial charge >= 0.3 is 11.9 Å². The fourth-order valence-corrected chi connectivity index (χ4v) is 1.59. The average molecular weight is 302 g/mol. The van der Waals surface area contributed by atoms with Gasteiger partial charge in [-0.1, -0.05) is 0 Å². The minimum absolute atomic E-state index is 0.0865. The molecule has 0 saturated carbocycles. The monoisotopic (exact) mass is 302 g/mol. The van der Waals surface area contributed by atoms with Crippen LogP contribution in [-0.2, 0) is 6.18 Å². The molecule has 0 fully saturated rings. The molecular formula is C10H9F3N6O2. The van der Waals surface area contributed by atoms with Gasteiger partial charge in [0.2, 0.25) is 11.6 Å². The van der Waals surface area contributed by atoms with E-state index < -0.39 is 22.4 Å². The Morgan fingerprint density at radius 1 is 1.43 bits per heavy atom. The fourth-order valence-electron chi connectivity index (χ4n) is 1.59. The lowest BCUT2D eigenvalue weighted by atomic mass is 10.3. The third-order valence-corrected chi connectivity index (χ3v) is 2.46. The maximum Gasteiger partial charge on any atom is 0.419 e. The van der Waals surface area contributed by atoms with Gasteiger partial charge in [-0.15, -0.1) is 0 Å². The molecule has 0 radical (unpaired) electrons. The van der Waals surface area contributed by atoms with E-state index in [-0.39, 0.29) is 11.6 Å². The number of anilines is 1. The highest BCUT2D eigenvalue weighted by atomic mass is 19.4. The minimum atomic E-state index is -4.59. The zero-order chi connectivity index (χ0) is 15.6. The number of nitro groups is 1. The molecular weight excluding hydrogens is 293 g/mol. The van der Waals surface area contributed by atoms with Crippen molar-refractivity contribution in [2.24, 2.45) is 0 Å². The molecule has 8 nitrogen and oxygen atoms in total. The molecule has 0 aromatic carbocycles. The van der Waals surface area contributed by atoms with Gasteiger partial charge in [0.05, 0.1) is 16.7 Å². The summed E-state index contributed by atoms with van der Waals surface area (Å²) < 4.78 is 38.3. The summed E-state index contributed by atoms with van der Waals surface area (Å²) in [7, 11) is 0. The van der Waals surface area contributed by atoms with Crippen LogP contribution in [0.4, 0.5) is 24.7 Å². The third kappa shape index (κ3) is 2.90. The Morgan fingerprint density at radius 3 is 2.67 bits per heavy atom. The molecule has 0 bridgehead atoms. The van der Waals surface area contributed by atoms with Crippen LogP contribution in [0.1, 0.15) is 12.5 Å². The molecule has 0 unspecified atom stereocenters. The van der Waals surface area contributed by atoms with E-state index in [0.717, 1.165) is 6.33 Å². The van der Waals surface area contributed by atoms with Crippen LogP contribution in [0.3, 0.4) is 0 Å². The van der Waals surface area contributed by atoms with Crippen molar-refractivity contribution in [1.82, 2.24) is 19.7 Å². The predicted molar refractivity (Wildman–Crippen MR) is 65.0 cm³/mol. The minimum Gasteiger partial charge on any atom is -0.364 e. The number of nitrogens with one attached hydrogen (secondary N) is 1. The van der Waals surface area contributed by atoms with Gasteiger partial charge in [0, 0.05) is 12.7 Å². The Balaban J connectivity index is 2.56. The van der Waals surface area contributed by atoms with Gasteiger partial charge in [-0.05, 0) is 6.92 Å². The van der Waals surface area contributed by atoms with Crippen LogP contribution in [0.15, 0.2) is 18.7 Å². The normalized spacial score (nSPS) is 11.4. The fraction of sp³-hybridized carbons (Fsp3) is 0.300. The molecule has 0 aliphatic heterocycles. The van der Waals surface area contributed by atoms with Gasteiger partial charge in [-0.25, -0.2) is 14.6 Å². The number of rotatable bonds is 4. The van der Waals surface area contributed by atoms with Crippen molar-refractivity contribution in [1.29, 1.82) is 0 Å². The van der Waals surface area contributed by atoms with Gasteiger partial charge in [-0.2, -0.15) is 18.3 Å². The van der Waals surface area contributed by atoms with Crippen LogP contribution in [-0.4, -0.2) is 31.2 Å². The Labute approximate surface area is 115 Å². The molecule has 0 aliphatic rings. The van der Waals surface area contributed by atoms with Crippen LogP contribution in [0, 0.1) is 10.1 Å². The van der Waals surface area contributed by atoms with E-state index in [4.69, 9.17) is 0 Å². The molecule has 2 aromatic heterocycles. The molecule has 0 atom stereocenters. The summed E-state index contributed by atoms with van der Waals surface area (Å²) in [5.41, 5.74) is -1.57. The first-order chi connectivity index (χ1) is 9.84. The van der Waals surface area contributed by atoms with Crippen molar-refractivity contribution < 1.29 is 18.1 Å². The Bertz CT molecular complexity index is 669. The van der Waals surface area contributed by atoms with Gasteiger partial charge < -0.3 is 5.32 Å². The van der Waals surface area contributed by atoms with E-state index in [1.165, 1.54) is 0 Å². The topological polar surface area (TPSA) is 98.8 Å². The van der Waals surface area contributed by atoms with Crippen molar-refractivity contribution in [3.63, 3.8) is 0 Å². The number of aromatic nitrogens is 4. The molecule has 0 spiro atoms. The first-order valence-electron chi connectivity index (χ1n) is 5.70. The van der Waals surface area contributed by atoms with Gasteiger partial charge in [0.1, 0.15) is 6.33 Å². The zero-order valence-corrected chi connectivity index (χ0v) is 10.6. The summed E-state index contributed by atoms with van der Waals surface area (Å²) in [4.78, 5) is 17.7. The number of alkyl halides is 3. The maximum atomic E-state index is 12.5. The molecule has 11 heteroatoms. The lowest BCUT2D eigenvalue weighted by Crippen LogP contribution is -2.10. The van der Waals surface area contributed by atoms with Crippen LogP contribution in [0.25, 0.3) is 5.82 Å². The van der Waals surface area contributed by atoms with E-state index >= 15 is 0 Å². The number of hydrogen-bond donors (Lipinski definition) is 1. The van der Waals surface area contributed by atoms with Crippen molar-refractivity contribution in [3.05, 3.63) is 34.4 Å². The summed E-state index contributed by atoms with van der Waals surface area (Å²) in [6, 6.07) is 0. The largest absolute Gasteiger partial charge is 0.419 e. The Hall–Kier alpha value is -2.72. The van der Waals surface area contributed by atoms with Crippen LogP contribution in [0.5, 0.6) is 0 Å². The number of hydrogen-bond acceptors (Lipinski definition) is 6. The third-order valence-electron chi connectivity index (χ3n) is 2.46. The first-order valence-corrected chi connectivity index (χ1v) is 5.70. The zero-order valence-electron chi connectivity index (χ0n) is 10.6. The Morgan fingerprint density at radius 2 is 2.14 bits per heavy atom. The second-order valence-electron chi connectivity index (χ2n) is 3.85. The van der Waals surface area contributed by atoms with E-state index in [1.807, 2.05) is 0 Å². The molecule has 1 N–H and O–H groups in total. The van der Waals surface area contributed by atoms with Crippen LogP contribution < -0.4 is 5.32 Å². The van der Waals surface area contributed by atoms with Crippen molar-refractivity contribution in [3.8, 4) is 5.82 Å². The molecule has 112 valence electrons. The predicted octanol–water partition coefficient (Wildman–Crippen LogP) is 2.02. The van der Waals surface area contributed by atoms with Crippen molar-refractivity contribution in [2.45, 2.75) is 13.1 Å². The van der Waals surface area contributed by atoms with Gasteiger partial charge in [0.15, 0.2) is 0 Å². The molecule has 2 rings (SSSR count).